The largest absolute Gasteiger partial charge is 0.488 e. The Morgan fingerprint density at radius 3 is 2.70 bits per heavy atom. The quantitative estimate of drug-likeness (QED) is 0.943. The molecule has 0 atom stereocenters. The van der Waals surface area contributed by atoms with Crippen LogP contribution in [0.5, 0.6) is 5.75 Å². The molecule has 4 heteroatoms. The molecule has 0 unspecified atom stereocenters. The third kappa shape index (κ3) is 3.13. The predicted molar refractivity (Wildman–Crippen MR) is 94.3 cm³/mol. The summed E-state index contributed by atoms with van der Waals surface area (Å²) in [5, 5.41) is 4.61. The minimum atomic E-state index is 0.308. The number of pyridine rings is 1. The van der Waals surface area contributed by atoms with Gasteiger partial charge in [0.05, 0.1) is 0 Å². The maximum atomic E-state index is 6.29. The second kappa shape index (κ2) is 6.75. The number of hydrogen-bond donors (Lipinski definition) is 1. The normalized spacial score (nSPS) is 19.9. The summed E-state index contributed by atoms with van der Waals surface area (Å²) in [6.45, 7) is 4.39. The summed E-state index contributed by atoms with van der Waals surface area (Å²) in [6.07, 6.45) is 8.25. The van der Waals surface area contributed by atoms with E-state index in [1.807, 2.05) is 12.3 Å². The van der Waals surface area contributed by atoms with Gasteiger partial charge in [-0.15, -0.1) is 0 Å². The summed E-state index contributed by atoms with van der Waals surface area (Å²) in [6, 6.07) is 8.57. The fourth-order valence-corrected chi connectivity index (χ4v) is 3.73. The number of ether oxygens (including phenoxy) is 1. The van der Waals surface area contributed by atoms with Gasteiger partial charge in [-0.25, -0.2) is 0 Å². The van der Waals surface area contributed by atoms with E-state index in [1.54, 1.807) is 0 Å². The minimum Gasteiger partial charge on any atom is -0.488 e. The number of nitrogens with zero attached hydrogens (tertiary/aromatic N) is 2. The Morgan fingerprint density at radius 1 is 1.04 bits per heavy atom. The average molecular weight is 311 g/mol. The molecule has 4 nitrogen and oxygen atoms in total. The van der Waals surface area contributed by atoms with Crippen LogP contribution >= 0.6 is 0 Å². The number of aromatic nitrogens is 1. The zero-order valence-electron chi connectivity index (χ0n) is 13.6. The molecule has 122 valence electrons. The van der Waals surface area contributed by atoms with E-state index in [9.17, 15) is 0 Å². The van der Waals surface area contributed by atoms with Gasteiger partial charge >= 0.3 is 0 Å². The lowest BCUT2D eigenvalue weighted by Gasteiger charge is -2.30. The third-order valence-electron chi connectivity index (χ3n) is 4.99. The van der Waals surface area contributed by atoms with Crippen molar-refractivity contribution in [3.8, 4) is 5.75 Å². The highest BCUT2D eigenvalue weighted by Crippen LogP contribution is 2.34. The van der Waals surface area contributed by atoms with Crippen molar-refractivity contribution in [1.29, 1.82) is 0 Å². The molecule has 4 rings (SSSR count). The number of piperidine rings is 2. The molecule has 1 aromatic carbocycles. The molecule has 0 saturated carbocycles. The molecule has 0 spiro atoms. The van der Waals surface area contributed by atoms with Crippen molar-refractivity contribution in [2.45, 2.75) is 38.2 Å². The van der Waals surface area contributed by atoms with Gasteiger partial charge in [-0.2, -0.15) is 0 Å². The summed E-state index contributed by atoms with van der Waals surface area (Å²) in [5.74, 6) is 0.938. The van der Waals surface area contributed by atoms with E-state index >= 15 is 0 Å². The number of rotatable bonds is 3. The first-order valence-electron chi connectivity index (χ1n) is 8.92. The van der Waals surface area contributed by atoms with Crippen LogP contribution in [0.25, 0.3) is 10.9 Å². The zero-order valence-corrected chi connectivity index (χ0v) is 13.6. The molecule has 1 N–H and O–H groups in total. The van der Waals surface area contributed by atoms with E-state index in [2.05, 4.69) is 33.4 Å². The van der Waals surface area contributed by atoms with Crippen molar-refractivity contribution in [3.63, 3.8) is 0 Å². The monoisotopic (exact) mass is 311 g/mol. The summed E-state index contributed by atoms with van der Waals surface area (Å²) in [4.78, 5) is 7.14. The highest BCUT2D eigenvalue weighted by molar-refractivity contribution is 5.95. The lowest BCUT2D eigenvalue weighted by atomic mass is 10.1. The van der Waals surface area contributed by atoms with Crippen molar-refractivity contribution in [1.82, 2.24) is 10.3 Å². The van der Waals surface area contributed by atoms with E-state index in [-0.39, 0.29) is 0 Å². The van der Waals surface area contributed by atoms with Crippen molar-refractivity contribution >= 4 is 16.6 Å². The first-order chi connectivity index (χ1) is 11.4. The second-order valence-electron chi connectivity index (χ2n) is 6.60. The van der Waals surface area contributed by atoms with Crippen LogP contribution in [0.15, 0.2) is 30.5 Å². The van der Waals surface area contributed by atoms with Crippen LogP contribution in [0.2, 0.25) is 0 Å². The predicted octanol–water partition coefficient (Wildman–Crippen LogP) is 3.36. The number of hydrogen-bond acceptors (Lipinski definition) is 4. The van der Waals surface area contributed by atoms with Crippen molar-refractivity contribution < 1.29 is 4.74 Å². The van der Waals surface area contributed by atoms with Crippen molar-refractivity contribution in [3.05, 3.63) is 30.5 Å². The molecule has 1 aromatic heterocycles. The highest BCUT2D eigenvalue weighted by atomic mass is 16.5. The maximum absolute atomic E-state index is 6.29. The van der Waals surface area contributed by atoms with Crippen LogP contribution in [0.4, 0.5) is 5.69 Å². The van der Waals surface area contributed by atoms with Gasteiger partial charge in [0.1, 0.15) is 17.4 Å². The first-order valence-corrected chi connectivity index (χ1v) is 8.92. The van der Waals surface area contributed by atoms with Crippen LogP contribution < -0.4 is 15.0 Å². The Hall–Kier alpha value is -1.81. The Labute approximate surface area is 137 Å². The second-order valence-corrected chi connectivity index (χ2v) is 6.60. The van der Waals surface area contributed by atoms with Gasteiger partial charge in [-0.1, -0.05) is 0 Å². The van der Waals surface area contributed by atoms with Gasteiger partial charge in [-0.05, 0) is 69.5 Å². The Bertz CT molecular complexity index is 661. The van der Waals surface area contributed by atoms with E-state index < -0.39 is 0 Å². The first kappa shape index (κ1) is 14.8. The number of fused-ring (bicyclic) bond motifs is 1. The van der Waals surface area contributed by atoms with E-state index in [0.29, 0.717) is 6.10 Å². The fraction of sp³-hybridized carbons (Fsp3) is 0.526. The average Bonchev–Trinajstić information content (AvgIpc) is 2.64. The van der Waals surface area contributed by atoms with Crippen molar-refractivity contribution in [2.24, 2.45) is 0 Å². The lowest BCUT2D eigenvalue weighted by Crippen LogP contribution is -2.34. The molecule has 0 radical (unpaired) electrons. The van der Waals surface area contributed by atoms with Crippen LogP contribution in [-0.2, 0) is 0 Å². The summed E-state index contributed by atoms with van der Waals surface area (Å²) < 4.78 is 6.29. The molecular formula is C19H25N3O. The third-order valence-corrected chi connectivity index (χ3v) is 4.99. The smallest absolute Gasteiger partial charge is 0.146 e. The summed E-state index contributed by atoms with van der Waals surface area (Å²) >= 11 is 0. The van der Waals surface area contributed by atoms with Crippen LogP contribution in [0.3, 0.4) is 0 Å². The molecule has 2 fully saturated rings. The van der Waals surface area contributed by atoms with E-state index in [1.165, 1.54) is 30.3 Å². The van der Waals surface area contributed by atoms with Gasteiger partial charge in [0.25, 0.3) is 0 Å². The van der Waals surface area contributed by atoms with Crippen LogP contribution in [0, 0.1) is 0 Å². The minimum absolute atomic E-state index is 0.308. The van der Waals surface area contributed by atoms with E-state index in [0.717, 1.165) is 50.3 Å². The molecule has 0 amide bonds. The Morgan fingerprint density at radius 2 is 1.87 bits per heavy atom. The SMILES string of the molecule is c1cnc2c(OC3CCNCC3)ccc(N3CCCCC3)c2c1. The standard InChI is InChI=1S/C19H25N3O/c1-2-13-22(14-3-1)17-6-7-18(19-16(17)5-4-10-21-19)23-15-8-11-20-12-9-15/h4-7,10,15,20H,1-3,8-9,11-14H2. The van der Waals surface area contributed by atoms with Gasteiger partial charge < -0.3 is 15.0 Å². The number of benzene rings is 1. The van der Waals surface area contributed by atoms with Gasteiger partial charge in [0, 0.05) is 30.4 Å². The molecule has 2 aromatic rings. The molecule has 0 aliphatic carbocycles. The van der Waals surface area contributed by atoms with Crippen molar-refractivity contribution in [2.75, 3.05) is 31.1 Å². The van der Waals surface area contributed by atoms with Crippen LogP contribution in [0.1, 0.15) is 32.1 Å². The molecule has 3 heterocycles. The van der Waals surface area contributed by atoms with Gasteiger partial charge in [-0.3, -0.25) is 4.98 Å². The summed E-state index contributed by atoms with van der Waals surface area (Å²) in [7, 11) is 0. The molecular weight excluding hydrogens is 286 g/mol. The number of nitrogens with one attached hydrogen (secondary N) is 1. The summed E-state index contributed by atoms with van der Waals surface area (Å²) in [5.41, 5.74) is 2.32. The van der Waals surface area contributed by atoms with Gasteiger partial charge in [0.2, 0.25) is 0 Å². The lowest BCUT2D eigenvalue weighted by molar-refractivity contribution is 0.164. The molecule has 2 saturated heterocycles. The molecule has 23 heavy (non-hydrogen) atoms. The zero-order chi connectivity index (χ0) is 15.5. The molecule has 0 bridgehead atoms. The van der Waals surface area contributed by atoms with Crippen LogP contribution in [-0.4, -0.2) is 37.3 Å². The number of anilines is 1. The topological polar surface area (TPSA) is 37.4 Å². The Balaban J connectivity index is 1.67. The molecule has 2 aliphatic heterocycles. The van der Waals surface area contributed by atoms with E-state index in [4.69, 9.17) is 4.74 Å². The van der Waals surface area contributed by atoms with Gasteiger partial charge in [0.15, 0.2) is 0 Å². The fourth-order valence-electron chi connectivity index (χ4n) is 3.73. The maximum Gasteiger partial charge on any atom is 0.146 e. The Kier molecular flexibility index (Phi) is 4.33. The highest BCUT2D eigenvalue weighted by Gasteiger charge is 2.19. The molecule has 2 aliphatic rings.